The average molecular weight is 294 g/mol. The van der Waals surface area contributed by atoms with Crippen LogP contribution in [0.25, 0.3) is 11.4 Å². The van der Waals surface area contributed by atoms with Crippen molar-refractivity contribution < 1.29 is 23.2 Å². The van der Waals surface area contributed by atoms with E-state index >= 15 is 0 Å². The first-order chi connectivity index (χ1) is 9.82. The second-order valence-corrected chi connectivity index (χ2v) is 5.70. The second-order valence-electron chi connectivity index (χ2n) is 5.70. The number of carbonyl (C=O) groups is 1. The summed E-state index contributed by atoms with van der Waals surface area (Å²) in [6, 6.07) is 3.28. The van der Waals surface area contributed by atoms with Crippen LogP contribution in [0.5, 0.6) is 0 Å². The van der Waals surface area contributed by atoms with E-state index in [2.05, 4.69) is 10.1 Å². The summed E-state index contributed by atoms with van der Waals surface area (Å²) in [6.45, 7) is 3.61. The van der Waals surface area contributed by atoms with Crippen LogP contribution in [-0.2, 0) is 4.79 Å². The molecule has 7 heteroatoms. The molecule has 1 N–H and O–H groups in total. The van der Waals surface area contributed by atoms with E-state index < -0.39 is 28.9 Å². The number of carboxylic acids is 1. The minimum Gasteiger partial charge on any atom is -0.481 e. The Kier molecular flexibility index (Phi) is 2.82. The Labute approximate surface area is 118 Å². The van der Waals surface area contributed by atoms with Crippen molar-refractivity contribution in [2.75, 3.05) is 0 Å². The zero-order chi connectivity index (χ0) is 15.4. The summed E-state index contributed by atoms with van der Waals surface area (Å²) in [6.07, 6.45) is 0. The number of aromatic nitrogens is 2. The molecule has 2 aromatic rings. The Morgan fingerprint density at radius 2 is 2.05 bits per heavy atom. The number of halogens is 2. The highest BCUT2D eigenvalue weighted by molar-refractivity contribution is 5.77. The van der Waals surface area contributed by atoms with Crippen LogP contribution in [0.3, 0.4) is 0 Å². The van der Waals surface area contributed by atoms with Gasteiger partial charge in [0.1, 0.15) is 0 Å². The molecule has 21 heavy (non-hydrogen) atoms. The average Bonchev–Trinajstić information content (AvgIpc) is 2.78. The van der Waals surface area contributed by atoms with Gasteiger partial charge < -0.3 is 9.63 Å². The molecule has 1 fully saturated rings. The van der Waals surface area contributed by atoms with Crippen LogP contribution in [0.15, 0.2) is 22.7 Å². The fraction of sp³-hybridized carbons (Fsp3) is 0.357. The van der Waals surface area contributed by atoms with E-state index in [1.807, 2.05) is 0 Å². The molecule has 1 heterocycles. The minimum atomic E-state index is -1.01. The van der Waals surface area contributed by atoms with Gasteiger partial charge in [0.05, 0.1) is 11.8 Å². The maximum atomic E-state index is 13.2. The van der Waals surface area contributed by atoms with E-state index in [4.69, 9.17) is 9.63 Å². The van der Waals surface area contributed by atoms with E-state index in [0.717, 1.165) is 12.1 Å². The number of rotatable bonds is 3. The number of hydrogen-bond donors (Lipinski definition) is 1. The van der Waals surface area contributed by atoms with Gasteiger partial charge in [0.25, 0.3) is 0 Å². The first-order valence-electron chi connectivity index (χ1n) is 6.34. The smallest absolute Gasteiger partial charge is 0.307 e. The standard InChI is InChI=1S/C14H12F2N2O3/c1-14(2)9(10(14)13(19)20)12-17-11(18-21-12)6-3-4-7(15)8(16)5-6/h3-5,9-10H,1-2H3,(H,19,20). The zero-order valence-corrected chi connectivity index (χ0v) is 11.3. The summed E-state index contributed by atoms with van der Waals surface area (Å²) in [4.78, 5) is 15.3. The maximum absolute atomic E-state index is 13.2. The molecule has 0 radical (unpaired) electrons. The van der Waals surface area contributed by atoms with Gasteiger partial charge in [-0.3, -0.25) is 4.79 Å². The predicted molar refractivity (Wildman–Crippen MR) is 67.3 cm³/mol. The first kappa shape index (κ1) is 13.7. The lowest BCUT2D eigenvalue weighted by atomic mass is 10.1. The van der Waals surface area contributed by atoms with E-state index in [1.54, 1.807) is 13.8 Å². The minimum absolute atomic E-state index is 0.107. The van der Waals surface area contributed by atoms with Crippen molar-refractivity contribution in [2.45, 2.75) is 19.8 Å². The fourth-order valence-electron chi connectivity index (χ4n) is 2.67. The van der Waals surface area contributed by atoms with Gasteiger partial charge in [-0.1, -0.05) is 19.0 Å². The Morgan fingerprint density at radius 3 is 2.62 bits per heavy atom. The molecule has 1 aromatic heterocycles. The van der Waals surface area contributed by atoms with Gasteiger partial charge in [-0.2, -0.15) is 4.98 Å². The fourth-order valence-corrected chi connectivity index (χ4v) is 2.67. The summed E-state index contributed by atoms with van der Waals surface area (Å²) >= 11 is 0. The molecule has 5 nitrogen and oxygen atoms in total. The second kappa shape index (κ2) is 4.34. The predicted octanol–water partition coefficient (Wildman–Crippen LogP) is 2.84. The van der Waals surface area contributed by atoms with Crippen molar-refractivity contribution >= 4 is 5.97 Å². The van der Waals surface area contributed by atoms with Crippen molar-refractivity contribution in [3.05, 3.63) is 35.7 Å². The van der Waals surface area contributed by atoms with Gasteiger partial charge in [-0.05, 0) is 23.6 Å². The highest BCUT2D eigenvalue weighted by Crippen LogP contribution is 2.64. The molecule has 0 amide bonds. The Morgan fingerprint density at radius 1 is 1.33 bits per heavy atom. The molecule has 0 spiro atoms. The van der Waals surface area contributed by atoms with Crippen LogP contribution < -0.4 is 0 Å². The summed E-state index contributed by atoms with van der Waals surface area (Å²) in [5.41, 5.74) is -0.196. The van der Waals surface area contributed by atoms with Crippen LogP contribution in [0.2, 0.25) is 0 Å². The Bertz CT molecular complexity index is 727. The van der Waals surface area contributed by atoms with Crippen LogP contribution in [0, 0.1) is 23.0 Å². The molecule has 0 saturated heterocycles. The quantitative estimate of drug-likeness (QED) is 0.942. The maximum Gasteiger partial charge on any atom is 0.307 e. The molecule has 0 aliphatic heterocycles. The Hall–Kier alpha value is -2.31. The van der Waals surface area contributed by atoms with Gasteiger partial charge in [-0.15, -0.1) is 0 Å². The topological polar surface area (TPSA) is 76.2 Å². The van der Waals surface area contributed by atoms with Gasteiger partial charge in [-0.25, -0.2) is 8.78 Å². The molecule has 110 valence electrons. The van der Waals surface area contributed by atoms with Gasteiger partial charge >= 0.3 is 5.97 Å². The van der Waals surface area contributed by atoms with E-state index in [0.29, 0.717) is 0 Å². The zero-order valence-electron chi connectivity index (χ0n) is 11.3. The van der Waals surface area contributed by atoms with Crippen molar-refractivity contribution in [1.29, 1.82) is 0 Å². The lowest BCUT2D eigenvalue weighted by Gasteiger charge is -1.96. The van der Waals surface area contributed by atoms with Crippen molar-refractivity contribution in [3.8, 4) is 11.4 Å². The number of nitrogens with zero attached hydrogens (tertiary/aromatic N) is 2. The monoisotopic (exact) mass is 294 g/mol. The van der Waals surface area contributed by atoms with Gasteiger partial charge in [0.15, 0.2) is 11.6 Å². The van der Waals surface area contributed by atoms with Crippen molar-refractivity contribution in [3.63, 3.8) is 0 Å². The summed E-state index contributed by atoms with van der Waals surface area (Å²) in [5, 5.41) is 12.8. The summed E-state index contributed by atoms with van der Waals surface area (Å²) < 4.78 is 31.2. The molecule has 1 aromatic carbocycles. The highest BCUT2D eigenvalue weighted by Gasteiger charge is 2.65. The third kappa shape index (κ3) is 2.09. The Balaban J connectivity index is 1.91. The molecule has 1 saturated carbocycles. The third-order valence-corrected chi connectivity index (χ3v) is 3.98. The van der Waals surface area contributed by atoms with E-state index in [-0.39, 0.29) is 23.2 Å². The van der Waals surface area contributed by atoms with Crippen LogP contribution in [0.4, 0.5) is 8.78 Å². The van der Waals surface area contributed by atoms with Crippen LogP contribution >= 0.6 is 0 Å². The lowest BCUT2D eigenvalue weighted by Crippen LogP contribution is -2.03. The lowest BCUT2D eigenvalue weighted by molar-refractivity contribution is -0.139. The SMILES string of the molecule is CC1(C)C(C(=O)O)C1c1nc(-c2ccc(F)c(F)c2)no1. The summed E-state index contributed by atoms with van der Waals surface area (Å²) in [5.74, 6) is -3.54. The van der Waals surface area contributed by atoms with Gasteiger partial charge in [0, 0.05) is 5.56 Å². The number of carboxylic acid groups (broad SMARTS) is 1. The summed E-state index contributed by atoms with van der Waals surface area (Å²) in [7, 11) is 0. The van der Waals surface area contributed by atoms with E-state index in [9.17, 15) is 13.6 Å². The number of benzene rings is 1. The van der Waals surface area contributed by atoms with Crippen molar-refractivity contribution in [1.82, 2.24) is 10.1 Å². The largest absolute Gasteiger partial charge is 0.481 e. The van der Waals surface area contributed by atoms with Crippen LogP contribution in [-0.4, -0.2) is 21.2 Å². The van der Waals surface area contributed by atoms with Gasteiger partial charge in [0.2, 0.25) is 11.7 Å². The number of aliphatic carboxylic acids is 1. The molecule has 1 aliphatic carbocycles. The molecule has 0 bridgehead atoms. The molecule has 1 aliphatic rings. The van der Waals surface area contributed by atoms with Crippen LogP contribution in [0.1, 0.15) is 25.7 Å². The molecular weight excluding hydrogens is 282 g/mol. The molecular formula is C14H12F2N2O3. The highest BCUT2D eigenvalue weighted by atomic mass is 19.2. The molecule has 3 rings (SSSR count). The normalized spacial score (nSPS) is 23.0. The third-order valence-electron chi connectivity index (χ3n) is 3.98. The van der Waals surface area contributed by atoms with E-state index in [1.165, 1.54) is 6.07 Å². The molecule has 2 unspecified atom stereocenters. The molecule has 2 atom stereocenters. The number of hydrogen-bond acceptors (Lipinski definition) is 4. The van der Waals surface area contributed by atoms with Crippen molar-refractivity contribution in [2.24, 2.45) is 11.3 Å². The first-order valence-corrected chi connectivity index (χ1v) is 6.34.